The van der Waals surface area contributed by atoms with Gasteiger partial charge in [-0.25, -0.2) is 0 Å². The van der Waals surface area contributed by atoms with E-state index >= 15 is 0 Å². The molecule has 1 fully saturated rings. The van der Waals surface area contributed by atoms with Crippen molar-refractivity contribution in [3.05, 3.63) is 48.6 Å². The lowest BCUT2D eigenvalue weighted by Gasteiger charge is -2.37. The van der Waals surface area contributed by atoms with E-state index in [1.807, 2.05) is 6.08 Å². The van der Waals surface area contributed by atoms with E-state index in [4.69, 9.17) is 0 Å². The van der Waals surface area contributed by atoms with Crippen LogP contribution in [0.15, 0.2) is 43.0 Å². The van der Waals surface area contributed by atoms with Gasteiger partial charge in [-0.1, -0.05) is 36.4 Å². The first kappa shape index (κ1) is 14.8. The Morgan fingerprint density at radius 2 is 2.00 bits per heavy atom. The van der Waals surface area contributed by atoms with Gasteiger partial charge in [0.2, 0.25) is 0 Å². The van der Waals surface area contributed by atoms with E-state index in [2.05, 4.69) is 53.2 Å². The molecule has 1 N–H and O–H groups in total. The molecule has 1 heterocycles. The predicted molar refractivity (Wildman–Crippen MR) is 82.4 cm³/mol. The van der Waals surface area contributed by atoms with Gasteiger partial charge in [-0.3, -0.25) is 5.32 Å². The van der Waals surface area contributed by atoms with Crippen molar-refractivity contribution in [3.63, 3.8) is 0 Å². The molecular weight excluding hydrogens is 246 g/mol. The van der Waals surface area contributed by atoms with Crippen molar-refractivity contribution in [2.24, 2.45) is 0 Å². The molecule has 0 aliphatic carbocycles. The molecular formula is C17H23N3. The molecule has 0 spiro atoms. The van der Waals surface area contributed by atoms with Gasteiger partial charge in [-0.2, -0.15) is 5.26 Å². The van der Waals surface area contributed by atoms with Crippen LogP contribution in [0.4, 0.5) is 0 Å². The molecule has 0 bridgehead atoms. The Kier molecular flexibility index (Phi) is 5.34. The second-order valence-electron chi connectivity index (χ2n) is 5.44. The van der Waals surface area contributed by atoms with Gasteiger partial charge in [0, 0.05) is 26.2 Å². The molecule has 3 heteroatoms. The summed E-state index contributed by atoms with van der Waals surface area (Å²) in [6.45, 7) is 7.47. The number of benzene rings is 1. The second-order valence-corrected chi connectivity index (χ2v) is 5.44. The van der Waals surface area contributed by atoms with Crippen LogP contribution in [0.2, 0.25) is 0 Å². The Morgan fingerprint density at radius 3 is 2.60 bits per heavy atom. The summed E-state index contributed by atoms with van der Waals surface area (Å²) in [5, 5.41) is 12.7. The molecule has 1 aromatic rings. The smallest absolute Gasteiger partial charge is 0.109 e. The molecule has 2 rings (SSSR count). The van der Waals surface area contributed by atoms with Crippen LogP contribution >= 0.6 is 0 Å². The minimum Gasteiger partial charge on any atom is -0.303 e. The molecule has 0 radical (unpaired) electrons. The van der Waals surface area contributed by atoms with Crippen molar-refractivity contribution in [2.75, 3.05) is 26.2 Å². The zero-order chi connectivity index (χ0) is 14.3. The Labute approximate surface area is 121 Å². The van der Waals surface area contributed by atoms with Crippen molar-refractivity contribution in [1.29, 1.82) is 5.26 Å². The quantitative estimate of drug-likeness (QED) is 0.806. The highest BCUT2D eigenvalue weighted by atomic mass is 15.1. The van der Waals surface area contributed by atoms with E-state index in [1.54, 1.807) is 0 Å². The van der Waals surface area contributed by atoms with Crippen molar-refractivity contribution in [1.82, 2.24) is 10.2 Å². The normalized spacial score (nSPS) is 18.4. The topological polar surface area (TPSA) is 39.1 Å². The van der Waals surface area contributed by atoms with E-state index in [0.29, 0.717) is 6.54 Å². The highest BCUT2D eigenvalue weighted by molar-refractivity contribution is 5.15. The third-order valence-corrected chi connectivity index (χ3v) is 4.07. The van der Waals surface area contributed by atoms with E-state index in [0.717, 1.165) is 38.9 Å². The van der Waals surface area contributed by atoms with Crippen molar-refractivity contribution in [3.8, 4) is 6.07 Å². The van der Waals surface area contributed by atoms with Gasteiger partial charge in [0.05, 0.1) is 6.07 Å². The third kappa shape index (κ3) is 3.93. The monoisotopic (exact) mass is 269 g/mol. The Bertz CT molecular complexity index is 453. The number of nitriles is 1. The first-order chi connectivity index (χ1) is 9.78. The van der Waals surface area contributed by atoms with Crippen LogP contribution in [0.1, 0.15) is 18.4 Å². The Hall–Kier alpha value is -1.63. The lowest BCUT2D eigenvalue weighted by Crippen LogP contribution is -2.52. The molecule has 0 saturated carbocycles. The average molecular weight is 269 g/mol. The van der Waals surface area contributed by atoms with Crippen LogP contribution in [-0.2, 0) is 6.42 Å². The molecule has 3 nitrogen and oxygen atoms in total. The highest BCUT2D eigenvalue weighted by Gasteiger charge is 2.33. The van der Waals surface area contributed by atoms with Gasteiger partial charge in [-0.15, -0.1) is 6.58 Å². The maximum Gasteiger partial charge on any atom is 0.109 e. The van der Waals surface area contributed by atoms with Gasteiger partial charge >= 0.3 is 0 Å². The van der Waals surface area contributed by atoms with E-state index in [9.17, 15) is 5.26 Å². The molecule has 1 aromatic carbocycles. The fourth-order valence-corrected chi connectivity index (χ4v) is 2.69. The number of hydrogen-bond acceptors (Lipinski definition) is 3. The van der Waals surface area contributed by atoms with Gasteiger partial charge < -0.3 is 4.90 Å². The van der Waals surface area contributed by atoms with Gasteiger partial charge in [0.25, 0.3) is 0 Å². The zero-order valence-electron chi connectivity index (χ0n) is 12.0. The summed E-state index contributed by atoms with van der Waals surface area (Å²) in [6.07, 6.45) is 4.69. The van der Waals surface area contributed by atoms with E-state index in [-0.39, 0.29) is 5.54 Å². The number of rotatable bonds is 6. The molecule has 0 unspecified atom stereocenters. The first-order valence-electron chi connectivity index (χ1n) is 7.31. The summed E-state index contributed by atoms with van der Waals surface area (Å²) in [6, 6.07) is 13.0. The molecule has 20 heavy (non-hydrogen) atoms. The highest BCUT2D eigenvalue weighted by Crippen LogP contribution is 2.21. The summed E-state index contributed by atoms with van der Waals surface area (Å²) in [5.74, 6) is 0. The molecule has 0 atom stereocenters. The SMILES string of the molecule is C=CCNC1(C#N)CCN(CCc2ccccc2)CC1. The molecule has 0 aromatic heterocycles. The van der Waals surface area contributed by atoms with Crippen LogP contribution in [0, 0.1) is 11.3 Å². The van der Waals surface area contributed by atoms with Crippen LogP contribution < -0.4 is 5.32 Å². The third-order valence-electron chi connectivity index (χ3n) is 4.07. The Morgan fingerprint density at radius 1 is 1.30 bits per heavy atom. The van der Waals surface area contributed by atoms with Gasteiger partial charge in [0.15, 0.2) is 0 Å². The summed E-state index contributed by atoms with van der Waals surface area (Å²) in [4.78, 5) is 2.46. The largest absolute Gasteiger partial charge is 0.303 e. The average Bonchev–Trinajstić information content (AvgIpc) is 2.53. The minimum absolute atomic E-state index is 0.350. The molecule has 106 valence electrons. The number of nitrogens with zero attached hydrogens (tertiary/aromatic N) is 2. The molecule has 1 aliphatic heterocycles. The lowest BCUT2D eigenvalue weighted by atomic mass is 9.88. The maximum absolute atomic E-state index is 9.40. The molecule has 1 saturated heterocycles. The van der Waals surface area contributed by atoms with Crippen LogP contribution in [0.25, 0.3) is 0 Å². The van der Waals surface area contributed by atoms with Crippen LogP contribution in [-0.4, -0.2) is 36.6 Å². The minimum atomic E-state index is -0.350. The fourth-order valence-electron chi connectivity index (χ4n) is 2.69. The number of nitrogens with one attached hydrogen (secondary N) is 1. The van der Waals surface area contributed by atoms with Gasteiger partial charge in [0.1, 0.15) is 5.54 Å². The summed E-state index contributed by atoms with van der Waals surface area (Å²) in [7, 11) is 0. The van der Waals surface area contributed by atoms with Crippen molar-refractivity contribution in [2.45, 2.75) is 24.8 Å². The first-order valence-corrected chi connectivity index (χ1v) is 7.31. The van der Waals surface area contributed by atoms with E-state index < -0.39 is 0 Å². The zero-order valence-corrected chi connectivity index (χ0v) is 12.0. The van der Waals surface area contributed by atoms with Crippen LogP contribution in [0.5, 0.6) is 0 Å². The molecule has 0 amide bonds. The standard InChI is InChI=1S/C17H23N3/c1-2-11-19-17(15-18)9-13-20(14-10-17)12-8-16-6-4-3-5-7-16/h2-7,19H,1,8-14H2. The molecule has 1 aliphatic rings. The number of piperidine rings is 1. The van der Waals surface area contributed by atoms with Crippen molar-refractivity contribution >= 4 is 0 Å². The fraction of sp³-hybridized carbons (Fsp3) is 0.471. The summed E-state index contributed by atoms with van der Waals surface area (Å²) in [5.41, 5.74) is 1.03. The second kappa shape index (κ2) is 7.23. The number of likely N-dealkylation sites (tertiary alicyclic amines) is 1. The Balaban J connectivity index is 1.79. The van der Waals surface area contributed by atoms with Gasteiger partial charge in [-0.05, 0) is 24.8 Å². The lowest BCUT2D eigenvalue weighted by molar-refractivity contribution is 0.171. The van der Waals surface area contributed by atoms with E-state index in [1.165, 1.54) is 5.56 Å². The summed E-state index contributed by atoms with van der Waals surface area (Å²) < 4.78 is 0. The van der Waals surface area contributed by atoms with Crippen LogP contribution in [0.3, 0.4) is 0 Å². The maximum atomic E-state index is 9.40. The number of hydrogen-bond donors (Lipinski definition) is 1. The summed E-state index contributed by atoms with van der Waals surface area (Å²) >= 11 is 0. The predicted octanol–water partition coefficient (Wildman–Crippen LogP) is 2.36. The van der Waals surface area contributed by atoms with Crippen molar-refractivity contribution < 1.29 is 0 Å².